The van der Waals surface area contributed by atoms with Crippen LogP contribution in [0.5, 0.6) is 0 Å². The van der Waals surface area contributed by atoms with Crippen LogP contribution < -0.4 is 10.6 Å². The lowest BCUT2D eigenvalue weighted by atomic mass is 10.2. The van der Waals surface area contributed by atoms with E-state index >= 15 is 0 Å². The number of carbonyl (C=O) groups is 1. The standard InChI is InChI=1S/C19H18N10O2/c1-12-7-17-21-11-15(16(3-6-31-2)28(17)27-12)26-19(30)25-14-8-13(9-20)18(22-10-14)29-23-4-5-24-29/h4-5,7-8,10-11H,3,6H2,1-2H3,(H2,25,26,30). The number of hydrogen-bond donors (Lipinski definition) is 2. The molecule has 0 radical (unpaired) electrons. The molecule has 156 valence electrons. The highest BCUT2D eigenvalue weighted by Gasteiger charge is 2.15. The molecule has 0 saturated carbocycles. The molecule has 0 aliphatic heterocycles. The first-order chi connectivity index (χ1) is 15.1. The van der Waals surface area contributed by atoms with Crippen LogP contribution >= 0.6 is 0 Å². The Morgan fingerprint density at radius 3 is 2.74 bits per heavy atom. The van der Waals surface area contributed by atoms with Crippen LogP contribution in [0.1, 0.15) is 17.0 Å². The summed E-state index contributed by atoms with van der Waals surface area (Å²) in [6.45, 7) is 2.32. The molecule has 0 atom stereocenters. The highest BCUT2D eigenvalue weighted by atomic mass is 16.5. The lowest BCUT2D eigenvalue weighted by Crippen LogP contribution is -2.22. The summed E-state index contributed by atoms with van der Waals surface area (Å²) in [5.74, 6) is 0.268. The zero-order valence-corrected chi connectivity index (χ0v) is 16.8. The number of nitriles is 1. The maximum atomic E-state index is 12.6. The molecular formula is C19H18N10O2. The SMILES string of the molecule is COCCc1c(NC(=O)Nc2cnc(-n3nccn3)c(C#N)c2)cnc2cc(C)nn12. The summed E-state index contributed by atoms with van der Waals surface area (Å²) in [4.78, 5) is 22.4. The van der Waals surface area contributed by atoms with Crippen LogP contribution in [0, 0.1) is 18.3 Å². The van der Waals surface area contributed by atoms with Crippen molar-refractivity contribution in [2.75, 3.05) is 24.4 Å². The molecule has 0 spiro atoms. The number of pyridine rings is 1. The molecule has 0 bridgehead atoms. The highest BCUT2D eigenvalue weighted by Crippen LogP contribution is 2.19. The minimum absolute atomic E-state index is 0.213. The summed E-state index contributed by atoms with van der Waals surface area (Å²) in [7, 11) is 1.61. The number of aryl methyl sites for hydroxylation is 1. The zero-order chi connectivity index (χ0) is 21.8. The van der Waals surface area contributed by atoms with E-state index in [0.717, 1.165) is 11.4 Å². The average molecular weight is 418 g/mol. The first kappa shape index (κ1) is 19.9. The number of nitrogens with one attached hydrogen (secondary N) is 2. The van der Waals surface area contributed by atoms with Gasteiger partial charge in [-0.3, -0.25) is 0 Å². The summed E-state index contributed by atoms with van der Waals surface area (Å²) in [6, 6.07) is 4.86. The molecular weight excluding hydrogens is 400 g/mol. The van der Waals surface area contributed by atoms with E-state index in [2.05, 4.69) is 35.9 Å². The van der Waals surface area contributed by atoms with Crippen molar-refractivity contribution in [1.29, 1.82) is 5.26 Å². The van der Waals surface area contributed by atoms with E-state index in [0.29, 0.717) is 30.0 Å². The quantitative estimate of drug-likeness (QED) is 0.481. The van der Waals surface area contributed by atoms with Gasteiger partial charge in [-0.2, -0.15) is 20.6 Å². The Morgan fingerprint density at radius 2 is 2.00 bits per heavy atom. The molecule has 2 N–H and O–H groups in total. The first-order valence-corrected chi connectivity index (χ1v) is 9.27. The number of ether oxygens (including phenoxy) is 1. The lowest BCUT2D eigenvalue weighted by Gasteiger charge is -2.13. The van der Waals surface area contributed by atoms with Gasteiger partial charge in [-0.1, -0.05) is 0 Å². The Bertz CT molecular complexity index is 1270. The molecule has 0 aliphatic rings. The summed E-state index contributed by atoms with van der Waals surface area (Å²) in [5, 5.41) is 27.2. The molecule has 4 aromatic heterocycles. The van der Waals surface area contributed by atoms with Gasteiger partial charge >= 0.3 is 6.03 Å². The van der Waals surface area contributed by atoms with Crippen LogP contribution in [-0.4, -0.2) is 54.3 Å². The largest absolute Gasteiger partial charge is 0.384 e. The molecule has 0 unspecified atom stereocenters. The normalized spacial score (nSPS) is 10.7. The molecule has 0 aromatic carbocycles. The van der Waals surface area contributed by atoms with Gasteiger partial charge in [0, 0.05) is 19.6 Å². The number of hydrogen-bond acceptors (Lipinski definition) is 8. The van der Waals surface area contributed by atoms with Crippen LogP contribution in [0.4, 0.5) is 16.2 Å². The van der Waals surface area contributed by atoms with Gasteiger partial charge in [-0.15, -0.1) is 4.80 Å². The van der Waals surface area contributed by atoms with E-state index in [-0.39, 0.29) is 11.4 Å². The minimum atomic E-state index is -0.514. The minimum Gasteiger partial charge on any atom is -0.384 e. The lowest BCUT2D eigenvalue weighted by molar-refractivity contribution is 0.201. The monoisotopic (exact) mass is 418 g/mol. The Balaban J connectivity index is 1.56. The van der Waals surface area contributed by atoms with Crippen LogP contribution in [-0.2, 0) is 11.2 Å². The van der Waals surface area contributed by atoms with Crippen molar-refractivity contribution in [2.24, 2.45) is 0 Å². The third kappa shape index (κ3) is 4.16. The number of nitrogens with zero attached hydrogens (tertiary/aromatic N) is 8. The maximum absolute atomic E-state index is 12.6. The second kappa shape index (κ2) is 8.56. The second-order valence-electron chi connectivity index (χ2n) is 6.52. The number of methoxy groups -OCH3 is 1. The number of anilines is 2. The van der Waals surface area contributed by atoms with E-state index in [4.69, 9.17) is 4.74 Å². The zero-order valence-electron chi connectivity index (χ0n) is 16.8. The Kier molecular flexibility index (Phi) is 5.50. The van der Waals surface area contributed by atoms with Crippen LogP contribution in [0.2, 0.25) is 0 Å². The van der Waals surface area contributed by atoms with E-state index < -0.39 is 6.03 Å². The molecule has 2 amide bonds. The molecule has 4 heterocycles. The summed E-state index contributed by atoms with van der Waals surface area (Å²) >= 11 is 0. The van der Waals surface area contributed by atoms with Gasteiger partial charge in [0.2, 0.25) is 0 Å². The Morgan fingerprint density at radius 1 is 1.19 bits per heavy atom. The summed E-state index contributed by atoms with van der Waals surface area (Å²) in [5.41, 5.74) is 3.30. The number of carbonyl (C=O) groups excluding carboxylic acids is 1. The summed E-state index contributed by atoms with van der Waals surface area (Å²) in [6.07, 6.45) is 6.48. The number of amides is 2. The smallest absolute Gasteiger partial charge is 0.323 e. The molecule has 4 aromatic rings. The fourth-order valence-electron chi connectivity index (χ4n) is 3.02. The van der Waals surface area contributed by atoms with Crippen molar-refractivity contribution >= 4 is 23.1 Å². The first-order valence-electron chi connectivity index (χ1n) is 9.27. The molecule has 0 fully saturated rings. The number of urea groups is 1. The van der Waals surface area contributed by atoms with Gasteiger partial charge in [0.1, 0.15) is 11.6 Å². The van der Waals surface area contributed by atoms with Gasteiger partial charge in [-0.25, -0.2) is 19.3 Å². The second-order valence-corrected chi connectivity index (χ2v) is 6.52. The molecule has 0 saturated heterocycles. The van der Waals surface area contributed by atoms with Gasteiger partial charge < -0.3 is 15.4 Å². The summed E-state index contributed by atoms with van der Waals surface area (Å²) < 4.78 is 6.87. The van der Waals surface area contributed by atoms with E-state index in [1.807, 2.05) is 19.1 Å². The van der Waals surface area contributed by atoms with Crippen LogP contribution in [0.3, 0.4) is 0 Å². The highest BCUT2D eigenvalue weighted by molar-refractivity contribution is 6.00. The van der Waals surface area contributed by atoms with Gasteiger partial charge in [0.15, 0.2) is 11.5 Å². The third-order valence-corrected chi connectivity index (χ3v) is 4.35. The fraction of sp³-hybridized carbons (Fsp3) is 0.211. The predicted octanol–water partition coefficient (Wildman–Crippen LogP) is 1.72. The van der Waals surface area contributed by atoms with E-state index in [9.17, 15) is 10.1 Å². The van der Waals surface area contributed by atoms with E-state index in [1.54, 1.807) is 17.8 Å². The number of aromatic nitrogens is 7. The van der Waals surface area contributed by atoms with Crippen LogP contribution in [0.15, 0.2) is 36.9 Å². The van der Waals surface area contributed by atoms with Crippen molar-refractivity contribution in [3.8, 4) is 11.9 Å². The van der Waals surface area contributed by atoms with Crippen molar-refractivity contribution < 1.29 is 9.53 Å². The predicted molar refractivity (Wildman–Crippen MR) is 110 cm³/mol. The average Bonchev–Trinajstić information content (AvgIpc) is 3.42. The van der Waals surface area contributed by atoms with Gasteiger partial charge in [0.25, 0.3) is 0 Å². The third-order valence-electron chi connectivity index (χ3n) is 4.35. The van der Waals surface area contributed by atoms with Crippen molar-refractivity contribution in [3.63, 3.8) is 0 Å². The molecule has 4 rings (SSSR count). The fourth-order valence-corrected chi connectivity index (χ4v) is 3.02. The number of fused-ring (bicyclic) bond motifs is 1. The van der Waals surface area contributed by atoms with Crippen molar-refractivity contribution in [2.45, 2.75) is 13.3 Å². The topological polar surface area (TPSA) is 148 Å². The molecule has 12 heteroatoms. The number of rotatable bonds is 6. The molecule has 0 aliphatic carbocycles. The van der Waals surface area contributed by atoms with Crippen molar-refractivity contribution in [3.05, 3.63) is 53.9 Å². The molecule has 12 nitrogen and oxygen atoms in total. The van der Waals surface area contributed by atoms with E-state index in [1.165, 1.54) is 29.5 Å². The van der Waals surface area contributed by atoms with Gasteiger partial charge in [-0.05, 0) is 13.0 Å². The Labute approximate surface area is 176 Å². The Hall–Kier alpha value is -4.37. The maximum Gasteiger partial charge on any atom is 0.323 e. The van der Waals surface area contributed by atoms with Gasteiger partial charge in [0.05, 0.1) is 54.2 Å². The van der Waals surface area contributed by atoms with Crippen molar-refractivity contribution in [1.82, 2.24) is 34.6 Å². The van der Waals surface area contributed by atoms with Crippen LogP contribution in [0.25, 0.3) is 11.5 Å². The molecule has 31 heavy (non-hydrogen) atoms.